The Morgan fingerprint density at radius 3 is 2.67 bits per heavy atom. The van der Waals surface area contributed by atoms with E-state index in [1.54, 1.807) is 14.1 Å². The number of rotatable bonds is 3. The third-order valence-electron chi connectivity index (χ3n) is 2.79. The Hall–Kier alpha value is -1.46. The number of hydrogen-bond donors (Lipinski definition) is 1. The third kappa shape index (κ3) is 2.11. The third-order valence-corrected chi connectivity index (χ3v) is 3.08. The summed E-state index contributed by atoms with van der Waals surface area (Å²) in [6, 6.07) is 3.50. The summed E-state index contributed by atoms with van der Waals surface area (Å²) in [7, 11) is 3.35. The first kappa shape index (κ1) is 13.0. The molecule has 0 aliphatic carbocycles. The molecule has 1 atom stereocenters. The van der Waals surface area contributed by atoms with Crippen LogP contribution in [0.25, 0.3) is 0 Å². The van der Waals surface area contributed by atoms with Gasteiger partial charge in [0.2, 0.25) is 0 Å². The molecule has 0 fully saturated rings. The van der Waals surface area contributed by atoms with Gasteiger partial charge in [-0.1, -0.05) is 23.7 Å². The van der Waals surface area contributed by atoms with E-state index in [9.17, 15) is 8.78 Å². The minimum atomic E-state index is -0.883. The average molecular weight is 272 g/mol. The van der Waals surface area contributed by atoms with Crippen LogP contribution in [0.15, 0.2) is 24.4 Å². The van der Waals surface area contributed by atoms with Crippen LogP contribution in [0.4, 0.5) is 8.78 Å². The highest BCUT2D eigenvalue weighted by Gasteiger charge is 2.23. The number of benzene rings is 1. The molecule has 18 heavy (non-hydrogen) atoms. The van der Waals surface area contributed by atoms with Gasteiger partial charge in [0.1, 0.15) is 0 Å². The zero-order valence-electron chi connectivity index (χ0n) is 9.92. The summed E-state index contributed by atoms with van der Waals surface area (Å²) in [5.41, 5.74) is 0.784. The van der Waals surface area contributed by atoms with Gasteiger partial charge in [0, 0.05) is 12.6 Å². The molecule has 0 amide bonds. The van der Waals surface area contributed by atoms with Crippen molar-refractivity contribution < 1.29 is 8.78 Å². The van der Waals surface area contributed by atoms with Gasteiger partial charge in [-0.05, 0) is 13.1 Å². The molecule has 0 saturated carbocycles. The maximum atomic E-state index is 13.8. The lowest BCUT2D eigenvalue weighted by Crippen LogP contribution is -2.22. The molecule has 1 heterocycles. The second kappa shape index (κ2) is 5.04. The smallest absolute Gasteiger partial charge is 0.163 e. The average Bonchev–Trinajstić information content (AvgIpc) is 2.67. The highest BCUT2D eigenvalue weighted by molar-refractivity contribution is 6.31. The van der Waals surface area contributed by atoms with E-state index < -0.39 is 17.7 Å². The van der Waals surface area contributed by atoms with Crippen molar-refractivity contribution in [3.05, 3.63) is 52.3 Å². The second-order valence-electron chi connectivity index (χ2n) is 3.87. The van der Waals surface area contributed by atoms with Gasteiger partial charge in [-0.15, -0.1) is 0 Å². The Kier molecular flexibility index (Phi) is 3.63. The number of aryl methyl sites for hydroxylation is 1. The summed E-state index contributed by atoms with van der Waals surface area (Å²) in [6.07, 6.45) is 1.47. The molecular formula is C12H12ClF2N3. The molecule has 96 valence electrons. The van der Waals surface area contributed by atoms with Gasteiger partial charge < -0.3 is 5.32 Å². The molecule has 0 saturated heterocycles. The van der Waals surface area contributed by atoms with Crippen LogP contribution in [-0.4, -0.2) is 16.8 Å². The van der Waals surface area contributed by atoms with Gasteiger partial charge >= 0.3 is 0 Å². The Morgan fingerprint density at radius 1 is 1.39 bits per heavy atom. The predicted octanol–water partition coefficient (Wildman–Crippen LogP) is 2.66. The number of aromatic nitrogens is 2. The van der Waals surface area contributed by atoms with E-state index in [4.69, 9.17) is 11.6 Å². The predicted molar refractivity (Wildman–Crippen MR) is 65.5 cm³/mol. The van der Waals surface area contributed by atoms with Crippen LogP contribution in [0.2, 0.25) is 5.02 Å². The van der Waals surface area contributed by atoms with Crippen LogP contribution in [-0.2, 0) is 7.05 Å². The van der Waals surface area contributed by atoms with Crippen LogP contribution >= 0.6 is 11.6 Å². The van der Waals surface area contributed by atoms with Gasteiger partial charge in [0.25, 0.3) is 0 Å². The first-order valence-corrected chi connectivity index (χ1v) is 5.72. The first-order valence-electron chi connectivity index (χ1n) is 5.34. The largest absolute Gasteiger partial charge is 0.308 e. The van der Waals surface area contributed by atoms with Crippen LogP contribution in [0.1, 0.15) is 17.3 Å². The fourth-order valence-electron chi connectivity index (χ4n) is 1.93. The van der Waals surface area contributed by atoms with E-state index in [1.807, 2.05) is 0 Å². The molecule has 0 spiro atoms. The molecule has 1 unspecified atom stereocenters. The van der Waals surface area contributed by atoms with Crippen LogP contribution in [0.3, 0.4) is 0 Å². The fourth-order valence-corrected chi connectivity index (χ4v) is 2.20. The van der Waals surface area contributed by atoms with E-state index in [-0.39, 0.29) is 5.56 Å². The fraction of sp³-hybridized carbons (Fsp3) is 0.250. The molecule has 0 aliphatic rings. The van der Waals surface area contributed by atoms with Crippen molar-refractivity contribution in [2.24, 2.45) is 7.05 Å². The van der Waals surface area contributed by atoms with E-state index in [2.05, 4.69) is 10.4 Å². The Bertz CT molecular complexity index is 549. The van der Waals surface area contributed by atoms with E-state index in [0.717, 1.165) is 6.07 Å². The number of hydrogen-bond acceptors (Lipinski definition) is 2. The van der Waals surface area contributed by atoms with E-state index in [1.165, 1.54) is 23.0 Å². The van der Waals surface area contributed by atoms with Crippen molar-refractivity contribution in [3.8, 4) is 0 Å². The van der Waals surface area contributed by atoms with Crippen molar-refractivity contribution in [1.82, 2.24) is 15.1 Å². The van der Waals surface area contributed by atoms with E-state index in [0.29, 0.717) is 10.7 Å². The summed E-state index contributed by atoms with van der Waals surface area (Å²) < 4.78 is 28.6. The summed E-state index contributed by atoms with van der Waals surface area (Å²) in [5.74, 6) is -1.76. The van der Waals surface area contributed by atoms with Gasteiger partial charge in [-0.2, -0.15) is 5.10 Å². The SMILES string of the molecule is CNC(c1cccc(F)c1F)c1c(Cl)cnn1C. The zero-order chi connectivity index (χ0) is 13.3. The number of halogens is 3. The molecule has 2 aromatic rings. The molecular weight excluding hydrogens is 260 g/mol. The molecule has 1 aromatic carbocycles. The van der Waals surface area contributed by atoms with Crippen LogP contribution in [0, 0.1) is 11.6 Å². The van der Waals surface area contributed by atoms with Crippen molar-refractivity contribution in [3.63, 3.8) is 0 Å². The molecule has 0 aliphatic heterocycles. The molecule has 0 radical (unpaired) electrons. The minimum absolute atomic E-state index is 0.197. The normalized spacial score (nSPS) is 12.7. The number of nitrogens with one attached hydrogen (secondary N) is 1. The van der Waals surface area contributed by atoms with Crippen molar-refractivity contribution >= 4 is 11.6 Å². The minimum Gasteiger partial charge on any atom is -0.308 e. The lowest BCUT2D eigenvalue weighted by Gasteiger charge is -2.18. The zero-order valence-corrected chi connectivity index (χ0v) is 10.7. The molecule has 1 N–H and O–H groups in total. The van der Waals surface area contributed by atoms with Gasteiger partial charge in [-0.3, -0.25) is 4.68 Å². The highest BCUT2D eigenvalue weighted by atomic mass is 35.5. The molecule has 3 nitrogen and oxygen atoms in total. The summed E-state index contributed by atoms with van der Waals surface area (Å²) >= 11 is 6.02. The topological polar surface area (TPSA) is 29.9 Å². The standard InChI is InChI=1S/C12H12ClF2N3/c1-16-11(12-8(13)6-17-18(12)2)7-4-3-5-9(14)10(7)15/h3-6,11,16H,1-2H3. The van der Waals surface area contributed by atoms with Crippen LogP contribution in [0.5, 0.6) is 0 Å². The quantitative estimate of drug-likeness (QED) is 0.930. The maximum absolute atomic E-state index is 13.8. The lowest BCUT2D eigenvalue weighted by atomic mass is 10.0. The van der Waals surface area contributed by atoms with Gasteiger partial charge in [0.15, 0.2) is 11.6 Å². The van der Waals surface area contributed by atoms with Crippen molar-refractivity contribution in [2.75, 3.05) is 7.05 Å². The van der Waals surface area contributed by atoms with Crippen molar-refractivity contribution in [2.45, 2.75) is 6.04 Å². The van der Waals surface area contributed by atoms with Gasteiger partial charge in [-0.25, -0.2) is 8.78 Å². The van der Waals surface area contributed by atoms with Crippen molar-refractivity contribution in [1.29, 1.82) is 0 Å². The number of nitrogens with zero attached hydrogens (tertiary/aromatic N) is 2. The van der Waals surface area contributed by atoms with Gasteiger partial charge in [0.05, 0.1) is 23.0 Å². The Balaban J connectivity index is 2.56. The molecule has 2 rings (SSSR count). The highest BCUT2D eigenvalue weighted by Crippen LogP contribution is 2.29. The van der Waals surface area contributed by atoms with Crippen LogP contribution < -0.4 is 5.32 Å². The molecule has 6 heteroatoms. The monoisotopic (exact) mass is 271 g/mol. The van der Waals surface area contributed by atoms with E-state index >= 15 is 0 Å². The Morgan fingerprint density at radius 2 is 2.11 bits per heavy atom. The summed E-state index contributed by atoms with van der Waals surface area (Å²) in [4.78, 5) is 0. The lowest BCUT2D eigenvalue weighted by molar-refractivity contribution is 0.481. The summed E-state index contributed by atoms with van der Waals surface area (Å²) in [6.45, 7) is 0. The molecule has 1 aromatic heterocycles. The second-order valence-corrected chi connectivity index (χ2v) is 4.27. The first-order chi connectivity index (χ1) is 8.56. The Labute approximate surface area is 108 Å². The molecule has 0 bridgehead atoms. The maximum Gasteiger partial charge on any atom is 0.163 e. The summed E-state index contributed by atoms with van der Waals surface area (Å²) in [5, 5.41) is 7.31.